The molecule has 110 valence electrons. The molecule has 2 aromatic carbocycles. The van der Waals surface area contributed by atoms with E-state index < -0.39 is 0 Å². The highest BCUT2D eigenvalue weighted by molar-refractivity contribution is 7.09. The monoisotopic (exact) mass is 305 g/mol. The van der Waals surface area contributed by atoms with Crippen molar-refractivity contribution in [2.45, 2.75) is 12.0 Å². The van der Waals surface area contributed by atoms with Crippen LogP contribution in [-0.4, -0.2) is 18.0 Å². The van der Waals surface area contributed by atoms with Crippen molar-refractivity contribution in [1.82, 2.24) is 4.90 Å². The van der Waals surface area contributed by atoms with Gasteiger partial charge >= 0.3 is 0 Å². The zero-order valence-electron chi connectivity index (χ0n) is 12.5. The van der Waals surface area contributed by atoms with Crippen molar-refractivity contribution >= 4 is 11.3 Å². The first-order chi connectivity index (χ1) is 10.9. The molecular formula is C20H19NS. The molecule has 0 spiro atoms. The third-order valence-corrected chi connectivity index (χ3v) is 5.50. The lowest BCUT2D eigenvalue weighted by Crippen LogP contribution is -2.19. The Morgan fingerprint density at radius 3 is 2.00 bits per heavy atom. The van der Waals surface area contributed by atoms with Crippen molar-refractivity contribution in [2.75, 3.05) is 13.1 Å². The van der Waals surface area contributed by atoms with E-state index in [1.165, 1.54) is 16.0 Å². The largest absolute Gasteiger partial charge is 0.286 e. The molecule has 0 radical (unpaired) electrons. The van der Waals surface area contributed by atoms with Gasteiger partial charge in [0.15, 0.2) is 0 Å². The van der Waals surface area contributed by atoms with Gasteiger partial charge in [0.1, 0.15) is 0 Å². The quantitative estimate of drug-likeness (QED) is 0.625. The summed E-state index contributed by atoms with van der Waals surface area (Å²) in [4.78, 5) is 4.07. The SMILES string of the molecule is c1ccc(C2(c3ccccc3)CN2CCc2cccs2)cc1. The zero-order valence-corrected chi connectivity index (χ0v) is 13.3. The molecule has 4 rings (SSSR count). The molecule has 1 saturated heterocycles. The number of hydrogen-bond acceptors (Lipinski definition) is 2. The van der Waals surface area contributed by atoms with Gasteiger partial charge in [0, 0.05) is 18.0 Å². The summed E-state index contributed by atoms with van der Waals surface area (Å²) < 4.78 is 0. The second-order valence-corrected chi connectivity index (χ2v) is 6.88. The Bertz CT molecular complexity index is 679. The summed E-state index contributed by atoms with van der Waals surface area (Å²) in [5.41, 5.74) is 2.90. The zero-order chi connectivity index (χ0) is 14.8. The number of nitrogens with zero attached hydrogens (tertiary/aromatic N) is 1. The first-order valence-electron chi connectivity index (χ1n) is 7.78. The maximum Gasteiger partial charge on any atom is 0.0846 e. The van der Waals surface area contributed by atoms with Gasteiger partial charge in [0.25, 0.3) is 0 Å². The van der Waals surface area contributed by atoms with Crippen LogP contribution in [0.15, 0.2) is 78.2 Å². The molecular weight excluding hydrogens is 286 g/mol. The molecule has 2 heteroatoms. The molecule has 1 atom stereocenters. The van der Waals surface area contributed by atoms with Crippen molar-refractivity contribution in [3.05, 3.63) is 94.2 Å². The van der Waals surface area contributed by atoms with Crippen LogP contribution < -0.4 is 0 Å². The van der Waals surface area contributed by atoms with Gasteiger partial charge in [-0.05, 0) is 29.0 Å². The van der Waals surface area contributed by atoms with E-state index in [-0.39, 0.29) is 5.54 Å². The maximum atomic E-state index is 2.59. The predicted molar refractivity (Wildman–Crippen MR) is 93.3 cm³/mol. The van der Waals surface area contributed by atoms with Crippen molar-refractivity contribution in [3.8, 4) is 0 Å². The summed E-state index contributed by atoms with van der Waals surface area (Å²) in [5, 5.41) is 2.17. The lowest BCUT2D eigenvalue weighted by Gasteiger charge is -2.19. The molecule has 1 fully saturated rings. The van der Waals surface area contributed by atoms with E-state index in [0.717, 1.165) is 19.5 Å². The summed E-state index contributed by atoms with van der Waals surface area (Å²) in [6.07, 6.45) is 1.14. The first-order valence-corrected chi connectivity index (χ1v) is 8.66. The van der Waals surface area contributed by atoms with Gasteiger partial charge in [0.05, 0.1) is 5.54 Å². The number of thiophene rings is 1. The Kier molecular flexibility index (Phi) is 3.57. The highest BCUT2D eigenvalue weighted by atomic mass is 32.1. The fourth-order valence-electron chi connectivity index (χ4n) is 3.35. The van der Waals surface area contributed by atoms with E-state index in [9.17, 15) is 0 Å². The molecule has 1 aliphatic heterocycles. The Morgan fingerprint density at radius 2 is 1.45 bits per heavy atom. The fourth-order valence-corrected chi connectivity index (χ4v) is 4.05. The van der Waals surface area contributed by atoms with Gasteiger partial charge in [0.2, 0.25) is 0 Å². The van der Waals surface area contributed by atoms with Gasteiger partial charge in [-0.3, -0.25) is 4.90 Å². The highest BCUT2D eigenvalue weighted by Gasteiger charge is 2.53. The predicted octanol–water partition coefficient (Wildman–Crippen LogP) is 4.55. The molecule has 0 saturated carbocycles. The van der Waals surface area contributed by atoms with E-state index in [1.807, 2.05) is 11.3 Å². The summed E-state index contributed by atoms with van der Waals surface area (Å²) in [6, 6.07) is 26.2. The van der Waals surface area contributed by atoms with Crippen LogP contribution >= 0.6 is 11.3 Å². The van der Waals surface area contributed by atoms with Gasteiger partial charge in [-0.15, -0.1) is 11.3 Å². The smallest absolute Gasteiger partial charge is 0.0846 e. The Labute approximate surface area is 135 Å². The summed E-state index contributed by atoms with van der Waals surface area (Å²) in [7, 11) is 0. The van der Waals surface area contributed by atoms with Crippen LogP contribution in [0.3, 0.4) is 0 Å². The summed E-state index contributed by atoms with van der Waals surface area (Å²) >= 11 is 1.86. The summed E-state index contributed by atoms with van der Waals surface area (Å²) in [5.74, 6) is 0. The molecule has 1 aliphatic rings. The Balaban J connectivity index is 1.62. The molecule has 2 heterocycles. The topological polar surface area (TPSA) is 3.01 Å². The molecule has 1 nitrogen and oxygen atoms in total. The average Bonchev–Trinajstić information content (AvgIpc) is 3.10. The molecule has 0 aliphatic carbocycles. The Morgan fingerprint density at radius 1 is 0.818 bits per heavy atom. The van der Waals surface area contributed by atoms with Crippen LogP contribution in [0.1, 0.15) is 16.0 Å². The van der Waals surface area contributed by atoms with Crippen molar-refractivity contribution in [2.24, 2.45) is 0 Å². The van der Waals surface area contributed by atoms with Gasteiger partial charge in [-0.25, -0.2) is 0 Å². The van der Waals surface area contributed by atoms with Crippen LogP contribution in [0.5, 0.6) is 0 Å². The molecule has 22 heavy (non-hydrogen) atoms. The highest BCUT2D eigenvalue weighted by Crippen LogP contribution is 2.48. The minimum atomic E-state index is 0.0831. The molecule has 0 N–H and O–H groups in total. The van der Waals surface area contributed by atoms with Crippen molar-refractivity contribution < 1.29 is 0 Å². The second kappa shape index (κ2) is 5.71. The fraction of sp³-hybridized carbons (Fsp3) is 0.200. The van der Waals surface area contributed by atoms with Crippen molar-refractivity contribution in [1.29, 1.82) is 0 Å². The van der Waals surface area contributed by atoms with E-state index in [0.29, 0.717) is 0 Å². The second-order valence-electron chi connectivity index (χ2n) is 5.84. The lowest BCUT2D eigenvalue weighted by molar-refractivity contribution is 0.458. The van der Waals surface area contributed by atoms with Gasteiger partial charge < -0.3 is 0 Å². The van der Waals surface area contributed by atoms with Gasteiger partial charge in [-0.2, -0.15) is 0 Å². The minimum Gasteiger partial charge on any atom is -0.286 e. The van der Waals surface area contributed by atoms with Crippen LogP contribution in [0.2, 0.25) is 0 Å². The van der Waals surface area contributed by atoms with E-state index in [2.05, 4.69) is 83.1 Å². The summed E-state index contributed by atoms with van der Waals surface area (Å²) in [6.45, 7) is 2.23. The molecule has 1 unspecified atom stereocenters. The minimum absolute atomic E-state index is 0.0831. The number of hydrogen-bond donors (Lipinski definition) is 0. The molecule has 1 aromatic heterocycles. The van der Waals surface area contributed by atoms with Crippen molar-refractivity contribution in [3.63, 3.8) is 0 Å². The van der Waals surface area contributed by atoms with Crippen LogP contribution in [0, 0.1) is 0 Å². The maximum absolute atomic E-state index is 2.59. The van der Waals surface area contributed by atoms with Crippen LogP contribution in [0.4, 0.5) is 0 Å². The molecule has 0 amide bonds. The normalized spacial score (nSPS) is 19.0. The molecule has 3 aromatic rings. The van der Waals surface area contributed by atoms with Crippen LogP contribution in [-0.2, 0) is 12.0 Å². The third-order valence-electron chi connectivity index (χ3n) is 4.57. The van der Waals surface area contributed by atoms with Crippen LogP contribution in [0.25, 0.3) is 0 Å². The van der Waals surface area contributed by atoms with E-state index >= 15 is 0 Å². The standard InChI is InChI=1S/C20H19NS/c1-3-8-17(9-4-1)20(18-10-5-2-6-11-18)16-21(20)14-13-19-12-7-15-22-19/h1-12,15H,13-14,16H2. The number of benzene rings is 2. The van der Waals surface area contributed by atoms with E-state index in [1.54, 1.807) is 0 Å². The number of rotatable bonds is 5. The third kappa shape index (κ3) is 2.39. The molecule has 0 bridgehead atoms. The first kappa shape index (κ1) is 13.7. The Hall–Kier alpha value is -1.90. The van der Waals surface area contributed by atoms with Gasteiger partial charge in [-0.1, -0.05) is 66.7 Å². The van der Waals surface area contributed by atoms with E-state index in [4.69, 9.17) is 0 Å². The lowest BCUT2D eigenvalue weighted by atomic mass is 9.91. The average molecular weight is 305 g/mol.